The van der Waals surface area contributed by atoms with Gasteiger partial charge >= 0.3 is 0 Å². The molecule has 4 aromatic carbocycles. The van der Waals surface area contributed by atoms with E-state index in [-0.39, 0.29) is 5.91 Å². The lowest BCUT2D eigenvalue weighted by Gasteiger charge is -2.13. The zero-order chi connectivity index (χ0) is 17.8. The lowest BCUT2D eigenvalue weighted by Crippen LogP contribution is -2.12. The number of hydrogen-bond acceptors (Lipinski definition) is 2. The number of benzene rings is 4. The van der Waals surface area contributed by atoms with Crippen molar-refractivity contribution in [3.05, 3.63) is 103 Å². The molecule has 0 radical (unpaired) electrons. The van der Waals surface area contributed by atoms with Gasteiger partial charge in [0.15, 0.2) is 0 Å². The summed E-state index contributed by atoms with van der Waals surface area (Å²) in [6.07, 6.45) is 0. The van der Waals surface area contributed by atoms with Crippen LogP contribution in [0, 0.1) is 0 Å². The van der Waals surface area contributed by atoms with Crippen molar-refractivity contribution in [2.24, 2.45) is 0 Å². The van der Waals surface area contributed by atoms with E-state index in [4.69, 9.17) is 4.74 Å². The molecular weight excluding hydrogens is 322 g/mol. The first-order valence-corrected chi connectivity index (χ1v) is 8.42. The highest BCUT2D eigenvalue weighted by atomic mass is 16.5. The zero-order valence-corrected chi connectivity index (χ0v) is 14.1. The van der Waals surface area contributed by atoms with Gasteiger partial charge in [0.1, 0.15) is 11.5 Å². The van der Waals surface area contributed by atoms with Crippen LogP contribution < -0.4 is 10.1 Å². The maximum atomic E-state index is 12.7. The van der Waals surface area contributed by atoms with Crippen LogP contribution in [-0.4, -0.2) is 5.91 Å². The molecule has 0 fully saturated rings. The Morgan fingerprint density at radius 3 is 2.19 bits per heavy atom. The molecule has 0 aliphatic heterocycles. The van der Waals surface area contributed by atoms with Crippen LogP contribution in [0.4, 0.5) is 5.69 Å². The van der Waals surface area contributed by atoms with E-state index in [1.807, 2.05) is 91.0 Å². The van der Waals surface area contributed by atoms with Crippen LogP contribution in [0.1, 0.15) is 10.4 Å². The van der Waals surface area contributed by atoms with Gasteiger partial charge in [0.05, 0.1) is 5.56 Å². The summed E-state index contributed by atoms with van der Waals surface area (Å²) in [7, 11) is 0. The number of hydrogen-bond donors (Lipinski definition) is 1. The molecule has 0 aromatic heterocycles. The van der Waals surface area contributed by atoms with Gasteiger partial charge in [0.25, 0.3) is 5.91 Å². The van der Waals surface area contributed by atoms with Crippen molar-refractivity contribution >= 4 is 22.4 Å². The number of para-hydroxylation sites is 2. The Morgan fingerprint density at radius 1 is 0.654 bits per heavy atom. The Kier molecular flexibility index (Phi) is 4.35. The summed E-state index contributed by atoms with van der Waals surface area (Å²) in [5, 5.41) is 5.00. The number of amides is 1. The fourth-order valence-corrected chi connectivity index (χ4v) is 2.87. The van der Waals surface area contributed by atoms with Gasteiger partial charge in [-0.2, -0.15) is 0 Å². The maximum absolute atomic E-state index is 12.7. The van der Waals surface area contributed by atoms with E-state index < -0.39 is 0 Å². The van der Waals surface area contributed by atoms with Crippen molar-refractivity contribution < 1.29 is 9.53 Å². The topological polar surface area (TPSA) is 38.3 Å². The van der Waals surface area contributed by atoms with E-state index in [1.54, 1.807) is 6.07 Å². The number of nitrogens with one attached hydrogen (secondary N) is 1. The molecule has 126 valence electrons. The van der Waals surface area contributed by atoms with Crippen molar-refractivity contribution in [1.29, 1.82) is 0 Å². The largest absolute Gasteiger partial charge is 0.456 e. The van der Waals surface area contributed by atoms with Crippen molar-refractivity contribution in [3.8, 4) is 11.5 Å². The molecule has 1 amide bonds. The number of carbonyl (C=O) groups excluding carboxylic acids is 1. The maximum Gasteiger partial charge on any atom is 0.259 e. The second-order valence-corrected chi connectivity index (χ2v) is 5.90. The second-order valence-electron chi connectivity index (χ2n) is 5.90. The number of ether oxygens (including phenoxy) is 1. The van der Waals surface area contributed by atoms with Gasteiger partial charge in [-0.25, -0.2) is 0 Å². The smallest absolute Gasteiger partial charge is 0.259 e. The predicted molar refractivity (Wildman–Crippen MR) is 105 cm³/mol. The molecule has 3 nitrogen and oxygen atoms in total. The average Bonchev–Trinajstić information content (AvgIpc) is 2.69. The molecule has 4 rings (SSSR count). The Bertz CT molecular complexity index is 1050. The summed E-state index contributed by atoms with van der Waals surface area (Å²) in [5.41, 5.74) is 1.24. The van der Waals surface area contributed by atoms with E-state index in [1.165, 1.54) is 0 Å². The summed E-state index contributed by atoms with van der Waals surface area (Å²) >= 11 is 0. The van der Waals surface area contributed by atoms with Gasteiger partial charge in [0, 0.05) is 11.1 Å². The van der Waals surface area contributed by atoms with Gasteiger partial charge in [-0.05, 0) is 35.7 Å². The van der Waals surface area contributed by atoms with Crippen LogP contribution in [0.2, 0.25) is 0 Å². The molecule has 0 bridgehead atoms. The summed E-state index contributed by atoms with van der Waals surface area (Å²) in [6, 6.07) is 30.6. The van der Waals surface area contributed by atoms with Crippen LogP contribution in [0.5, 0.6) is 11.5 Å². The van der Waals surface area contributed by atoms with Crippen LogP contribution in [0.3, 0.4) is 0 Å². The Morgan fingerprint density at radius 2 is 1.31 bits per heavy atom. The number of anilines is 1. The minimum atomic E-state index is -0.202. The van der Waals surface area contributed by atoms with E-state index in [0.29, 0.717) is 11.3 Å². The van der Waals surface area contributed by atoms with E-state index in [9.17, 15) is 4.79 Å². The summed E-state index contributed by atoms with van der Waals surface area (Å²) < 4.78 is 6.12. The quantitative estimate of drug-likeness (QED) is 0.504. The Hall–Kier alpha value is -3.59. The third-order valence-corrected chi connectivity index (χ3v) is 4.13. The van der Waals surface area contributed by atoms with Crippen LogP contribution >= 0.6 is 0 Å². The number of carbonyl (C=O) groups is 1. The van der Waals surface area contributed by atoms with Gasteiger partial charge in [-0.3, -0.25) is 4.79 Å². The molecule has 0 saturated carbocycles. The van der Waals surface area contributed by atoms with Crippen LogP contribution in [0.15, 0.2) is 97.1 Å². The van der Waals surface area contributed by atoms with Gasteiger partial charge < -0.3 is 10.1 Å². The van der Waals surface area contributed by atoms with Crippen molar-refractivity contribution in [1.82, 2.24) is 0 Å². The molecular formula is C23H17NO2. The van der Waals surface area contributed by atoms with E-state index >= 15 is 0 Å². The molecule has 4 aromatic rings. The SMILES string of the molecule is O=C(Nc1ccccc1)c1ccccc1Oc1cccc2ccccc12. The van der Waals surface area contributed by atoms with Crippen molar-refractivity contribution in [2.75, 3.05) is 5.32 Å². The zero-order valence-electron chi connectivity index (χ0n) is 14.1. The normalized spacial score (nSPS) is 10.5. The number of fused-ring (bicyclic) bond motifs is 1. The van der Waals surface area contributed by atoms with Crippen LogP contribution in [0.25, 0.3) is 10.8 Å². The molecule has 26 heavy (non-hydrogen) atoms. The highest BCUT2D eigenvalue weighted by Gasteiger charge is 2.14. The lowest BCUT2D eigenvalue weighted by atomic mass is 10.1. The Labute approximate surface area is 151 Å². The highest BCUT2D eigenvalue weighted by molar-refractivity contribution is 6.06. The Balaban J connectivity index is 1.66. The van der Waals surface area contributed by atoms with Crippen molar-refractivity contribution in [2.45, 2.75) is 0 Å². The third kappa shape index (κ3) is 3.28. The van der Waals surface area contributed by atoms with E-state index in [2.05, 4.69) is 5.32 Å². The van der Waals surface area contributed by atoms with Crippen molar-refractivity contribution in [3.63, 3.8) is 0 Å². The first kappa shape index (κ1) is 15.9. The lowest BCUT2D eigenvalue weighted by molar-refractivity contribution is 0.102. The summed E-state index contributed by atoms with van der Waals surface area (Å²) in [5.74, 6) is 1.05. The molecule has 0 spiro atoms. The van der Waals surface area contributed by atoms with Gasteiger partial charge in [-0.1, -0.05) is 66.7 Å². The van der Waals surface area contributed by atoms with Gasteiger partial charge in [0.2, 0.25) is 0 Å². The molecule has 0 unspecified atom stereocenters. The third-order valence-electron chi connectivity index (χ3n) is 4.13. The molecule has 3 heteroatoms. The minimum Gasteiger partial charge on any atom is -0.456 e. The molecule has 0 aliphatic rings. The predicted octanol–water partition coefficient (Wildman–Crippen LogP) is 5.88. The standard InChI is InChI=1S/C23H17NO2/c25-23(24-18-11-2-1-3-12-18)20-14-6-7-15-22(20)26-21-16-8-10-17-9-4-5-13-19(17)21/h1-16H,(H,24,25). The van der Waals surface area contributed by atoms with Crippen LogP contribution in [-0.2, 0) is 0 Å². The first-order valence-electron chi connectivity index (χ1n) is 8.42. The average molecular weight is 339 g/mol. The highest BCUT2D eigenvalue weighted by Crippen LogP contribution is 2.31. The second kappa shape index (κ2) is 7.11. The molecule has 0 saturated heterocycles. The van der Waals surface area contributed by atoms with E-state index in [0.717, 1.165) is 22.2 Å². The monoisotopic (exact) mass is 339 g/mol. The minimum absolute atomic E-state index is 0.202. The fraction of sp³-hybridized carbons (Fsp3) is 0. The molecule has 0 atom stereocenters. The molecule has 0 heterocycles. The number of rotatable bonds is 4. The molecule has 1 N–H and O–H groups in total. The fourth-order valence-electron chi connectivity index (χ4n) is 2.87. The summed E-state index contributed by atoms with van der Waals surface area (Å²) in [4.78, 5) is 12.7. The molecule has 0 aliphatic carbocycles. The first-order chi connectivity index (χ1) is 12.8. The van der Waals surface area contributed by atoms with Gasteiger partial charge in [-0.15, -0.1) is 0 Å². The summed E-state index contributed by atoms with van der Waals surface area (Å²) in [6.45, 7) is 0.